The Labute approximate surface area is 118 Å². The van der Waals surface area contributed by atoms with E-state index in [9.17, 15) is 4.79 Å². The highest BCUT2D eigenvalue weighted by atomic mass is 79.9. The van der Waals surface area contributed by atoms with Crippen LogP contribution in [0, 0.1) is 0 Å². The first-order valence-electron chi connectivity index (χ1n) is 5.38. The molecule has 1 aromatic heterocycles. The SMILES string of the molecule is COC(=O)c1cc(N)ncc1Oc1ccccc1Br. The number of hydrogen-bond donors (Lipinski definition) is 1. The number of nitrogens with two attached hydrogens (primary N) is 1. The summed E-state index contributed by atoms with van der Waals surface area (Å²) in [6.07, 6.45) is 1.39. The number of rotatable bonds is 3. The number of benzene rings is 1. The molecule has 19 heavy (non-hydrogen) atoms. The molecular weight excluding hydrogens is 312 g/mol. The molecule has 98 valence electrons. The normalized spacial score (nSPS) is 10.0. The van der Waals surface area contributed by atoms with Crippen molar-refractivity contribution in [3.63, 3.8) is 0 Å². The fraction of sp³-hybridized carbons (Fsp3) is 0.0769. The lowest BCUT2D eigenvalue weighted by atomic mass is 10.2. The Morgan fingerprint density at radius 2 is 2.05 bits per heavy atom. The standard InChI is InChI=1S/C13H11BrN2O3/c1-18-13(17)8-6-12(15)16-7-11(8)19-10-5-3-2-4-9(10)14/h2-7H,1H3,(H2,15,16). The topological polar surface area (TPSA) is 74.4 Å². The van der Waals surface area contributed by atoms with E-state index in [0.29, 0.717) is 5.75 Å². The Bertz CT molecular complexity index is 617. The van der Waals surface area contributed by atoms with E-state index in [4.69, 9.17) is 10.5 Å². The molecule has 6 heteroatoms. The van der Waals surface area contributed by atoms with Gasteiger partial charge in [-0.2, -0.15) is 0 Å². The summed E-state index contributed by atoms with van der Waals surface area (Å²) in [6.45, 7) is 0. The van der Waals surface area contributed by atoms with Gasteiger partial charge in [-0.05, 0) is 34.1 Å². The van der Waals surface area contributed by atoms with E-state index in [0.717, 1.165) is 4.47 Å². The highest BCUT2D eigenvalue weighted by Gasteiger charge is 2.15. The number of aromatic nitrogens is 1. The number of carbonyl (C=O) groups is 1. The monoisotopic (exact) mass is 322 g/mol. The first-order chi connectivity index (χ1) is 9.11. The van der Waals surface area contributed by atoms with Crippen molar-refractivity contribution in [2.75, 3.05) is 12.8 Å². The van der Waals surface area contributed by atoms with Gasteiger partial charge in [0.05, 0.1) is 17.8 Å². The van der Waals surface area contributed by atoms with Gasteiger partial charge in [-0.15, -0.1) is 0 Å². The third kappa shape index (κ3) is 3.03. The summed E-state index contributed by atoms with van der Waals surface area (Å²) in [7, 11) is 1.29. The minimum absolute atomic E-state index is 0.222. The van der Waals surface area contributed by atoms with Crippen LogP contribution in [0.5, 0.6) is 11.5 Å². The molecule has 0 unspecified atom stereocenters. The Morgan fingerprint density at radius 1 is 1.32 bits per heavy atom. The summed E-state index contributed by atoms with van der Waals surface area (Å²) >= 11 is 3.36. The van der Waals surface area contributed by atoms with E-state index in [1.165, 1.54) is 19.4 Å². The van der Waals surface area contributed by atoms with Crippen LogP contribution >= 0.6 is 15.9 Å². The first kappa shape index (κ1) is 13.4. The third-order valence-corrected chi connectivity index (χ3v) is 3.01. The number of esters is 1. The van der Waals surface area contributed by atoms with Crippen molar-refractivity contribution in [1.82, 2.24) is 4.98 Å². The van der Waals surface area contributed by atoms with Gasteiger partial charge >= 0.3 is 5.97 Å². The van der Waals surface area contributed by atoms with Crippen LogP contribution in [0.3, 0.4) is 0 Å². The minimum atomic E-state index is -0.531. The molecular formula is C13H11BrN2O3. The quantitative estimate of drug-likeness (QED) is 0.879. The van der Waals surface area contributed by atoms with Crippen LogP contribution in [0.1, 0.15) is 10.4 Å². The zero-order valence-electron chi connectivity index (χ0n) is 10.1. The fourth-order valence-corrected chi connectivity index (χ4v) is 1.82. The summed E-state index contributed by atoms with van der Waals surface area (Å²) in [6, 6.07) is 8.69. The van der Waals surface area contributed by atoms with Crippen molar-refractivity contribution in [3.8, 4) is 11.5 Å². The molecule has 0 radical (unpaired) electrons. The molecule has 2 rings (SSSR count). The molecule has 0 spiro atoms. The van der Waals surface area contributed by atoms with Crippen LogP contribution < -0.4 is 10.5 Å². The summed E-state index contributed by atoms with van der Waals surface area (Å²) < 4.78 is 11.1. The van der Waals surface area contributed by atoms with Gasteiger partial charge in [-0.1, -0.05) is 12.1 Å². The number of methoxy groups -OCH3 is 1. The van der Waals surface area contributed by atoms with Gasteiger partial charge in [0.25, 0.3) is 0 Å². The summed E-state index contributed by atoms with van der Waals surface area (Å²) in [4.78, 5) is 15.6. The van der Waals surface area contributed by atoms with E-state index in [2.05, 4.69) is 25.7 Å². The second-order valence-corrected chi connectivity index (χ2v) is 4.48. The minimum Gasteiger partial charge on any atom is -0.465 e. The maximum absolute atomic E-state index is 11.7. The Morgan fingerprint density at radius 3 is 2.74 bits per heavy atom. The third-order valence-electron chi connectivity index (χ3n) is 2.35. The van der Waals surface area contributed by atoms with Crippen molar-refractivity contribution in [1.29, 1.82) is 0 Å². The molecule has 0 amide bonds. The summed E-state index contributed by atoms with van der Waals surface area (Å²) in [5, 5.41) is 0. The lowest BCUT2D eigenvalue weighted by molar-refractivity contribution is 0.0598. The van der Waals surface area contributed by atoms with E-state index in [1.54, 1.807) is 6.07 Å². The smallest absolute Gasteiger partial charge is 0.341 e. The number of ether oxygens (including phenoxy) is 2. The molecule has 1 heterocycles. The average molecular weight is 323 g/mol. The van der Waals surface area contributed by atoms with Crippen LogP contribution in [0.2, 0.25) is 0 Å². The highest BCUT2D eigenvalue weighted by molar-refractivity contribution is 9.10. The second kappa shape index (κ2) is 5.71. The van der Waals surface area contributed by atoms with Crippen LogP contribution in [-0.4, -0.2) is 18.1 Å². The molecule has 0 aliphatic heterocycles. The van der Waals surface area contributed by atoms with Crippen molar-refractivity contribution in [2.45, 2.75) is 0 Å². The van der Waals surface area contributed by atoms with E-state index in [-0.39, 0.29) is 17.1 Å². The van der Waals surface area contributed by atoms with Crippen LogP contribution in [-0.2, 0) is 4.74 Å². The molecule has 0 atom stereocenters. The fourth-order valence-electron chi connectivity index (χ4n) is 1.46. The predicted octanol–water partition coefficient (Wildman–Crippen LogP) is 3.01. The molecule has 0 saturated carbocycles. The summed E-state index contributed by atoms with van der Waals surface area (Å²) in [5.74, 6) is 0.545. The first-order valence-corrected chi connectivity index (χ1v) is 6.17. The van der Waals surface area contributed by atoms with Gasteiger partial charge in [-0.25, -0.2) is 9.78 Å². The van der Waals surface area contributed by atoms with Gasteiger partial charge in [0.2, 0.25) is 0 Å². The molecule has 1 aromatic carbocycles. The van der Waals surface area contributed by atoms with Crippen molar-refractivity contribution < 1.29 is 14.3 Å². The Kier molecular flexibility index (Phi) is 4.01. The number of halogens is 1. The number of nitrogen functional groups attached to an aromatic ring is 1. The Hall–Kier alpha value is -2.08. The number of nitrogens with zero attached hydrogens (tertiary/aromatic N) is 1. The van der Waals surface area contributed by atoms with Gasteiger partial charge in [0.1, 0.15) is 17.1 Å². The number of para-hydroxylation sites is 1. The van der Waals surface area contributed by atoms with Crippen molar-refractivity contribution in [3.05, 3.63) is 46.6 Å². The van der Waals surface area contributed by atoms with Gasteiger partial charge in [-0.3, -0.25) is 0 Å². The second-order valence-electron chi connectivity index (χ2n) is 3.63. The highest BCUT2D eigenvalue weighted by Crippen LogP contribution is 2.31. The zero-order chi connectivity index (χ0) is 13.8. The predicted molar refractivity (Wildman–Crippen MR) is 74.2 cm³/mol. The zero-order valence-corrected chi connectivity index (χ0v) is 11.7. The lowest BCUT2D eigenvalue weighted by Crippen LogP contribution is -2.06. The van der Waals surface area contributed by atoms with Gasteiger partial charge in [0.15, 0.2) is 5.75 Å². The average Bonchev–Trinajstić information content (AvgIpc) is 2.42. The number of hydrogen-bond acceptors (Lipinski definition) is 5. The molecule has 0 saturated heterocycles. The number of carbonyl (C=O) groups excluding carboxylic acids is 1. The van der Waals surface area contributed by atoms with E-state index >= 15 is 0 Å². The molecule has 5 nitrogen and oxygen atoms in total. The van der Waals surface area contributed by atoms with E-state index < -0.39 is 5.97 Å². The molecule has 0 bridgehead atoms. The molecule has 0 fully saturated rings. The van der Waals surface area contributed by atoms with Crippen molar-refractivity contribution in [2.24, 2.45) is 0 Å². The van der Waals surface area contributed by atoms with Crippen LogP contribution in [0.4, 0.5) is 5.82 Å². The number of anilines is 1. The summed E-state index contributed by atoms with van der Waals surface area (Å²) in [5.41, 5.74) is 5.79. The van der Waals surface area contributed by atoms with Crippen LogP contribution in [0.25, 0.3) is 0 Å². The van der Waals surface area contributed by atoms with Crippen molar-refractivity contribution >= 4 is 27.7 Å². The lowest BCUT2D eigenvalue weighted by Gasteiger charge is -2.11. The maximum Gasteiger partial charge on any atom is 0.341 e. The molecule has 2 N–H and O–H groups in total. The molecule has 2 aromatic rings. The largest absolute Gasteiger partial charge is 0.465 e. The van der Waals surface area contributed by atoms with E-state index in [1.807, 2.05) is 18.2 Å². The van der Waals surface area contributed by atoms with Gasteiger partial charge in [0, 0.05) is 0 Å². The molecule has 0 aliphatic carbocycles. The molecule has 0 aliphatic rings. The maximum atomic E-state index is 11.7. The Balaban J connectivity index is 2.40. The number of pyridine rings is 1. The van der Waals surface area contributed by atoms with Gasteiger partial charge < -0.3 is 15.2 Å². The van der Waals surface area contributed by atoms with Crippen LogP contribution in [0.15, 0.2) is 41.0 Å².